The van der Waals surface area contributed by atoms with E-state index in [0.717, 1.165) is 17.5 Å². The molecule has 4 heteroatoms. The smallest absolute Gasteiger partial charge is 0.251 e. The molecule has 0 radical (unpaired) electrons. The predicted molar refractivity (Wildman–Crippen MR) is 85.5 cm³/mol. The Labute approximate surface area is 128 Å². The van der Waals surface area contributed by atoms with Crippen molar-refractivity contribution in [3.8, 4) is 11.8 Å². The first-order valence-electron chi connectivity index (χ1n) is 6.70. The molecule has 1 amide bonds. The maximum atomic E-state index is 12.1. The van der Waals surface area contributed by atoms with Crippen LogP contribution in [0.1, 0.15) is 27.0 Å². The summed E-state index contributed by atoms with van der Waals surface area (Å²) in [4.78, 5) is 12.1. The number of nitrogens with one attached hydrogen (secondary N) is 1. The van der Waals surface area contributed by atoms with Crippen LogP contribution in [0.25, 0.3) is 0 Å². The van der Waals surface area contributed by atoms with Gasteiger partial charge in [-0.2, -0.15) is 11.3 Å². The highest BCUT2D eigenvalue weighted by molar-refractivity contribution is 7.07. The van der Waals surface area contributed by atoms with E-state index in [1.165, 1.54) is 5.56 Å². The Balaban J connectivity index is 1.94. The quantitative estimate of drug-likeness (QED) is 0.852. The fraction of sp³-hybridized carbons (Fsp3) is 0.235. The summed E-state index contributed by atoms with van der Waals surface area (Å²) in [6.45, 7) is 2.37. The summed E-state index contributed by atoms with van der Waals surface area (Å²) in [6, 6.07) is 7.46. The molecule has 2 rings (SSSR count). The molecular formula is C17H17NO2S. The standard InChI is InChI=1S/C17H17NO2S/c1-13-11-16(5-4-15(13)3-2-9-19)17(20)18-8-6-14-7-10-21-12-14/h4-5,7,10-12,19H,6,8-9H2,1H3,(H,18,20). The molecule has 0 aliphatic carbocycles. The molecule has 0 atom stereocenters. The van der Waals surface area contributed by atoms with E-state index in [4.69, 9.17) is 5.11 Å². The number of aliphatic hydroxyl groups excluding tert-OH is 1. The topological polar surface area (TPSA) is 49.3 Å². The third-order valence-corrected chi connectivity index (χ3v) is 3.80. The average molecular weight is 299 g/mol. The van der Waals surface area contributed by atoms with Gasteiger partial charge in [-0.05, 0) is 59.5 Å². The summed E-state index contributed by atoms with van der Waals surface area (Å²) >= 11 is 1.66. The highest BCUT2D eigenvalue weighted by Gasteiger charge is 2.06. The van der Waals surface area contributed by atoms with Crippen molar-refractivity contribution in [1.29, 1.82) is 0 Å². The molecule has 2 N–H and O–H groups in total. The summed E-state index contributed by atoms with van der Waals surface area (Å²) in [7, 11) is 0. The lowest BCUT2D eigenvalue weighted by molar-refractivity contribution is 0.0954. The highest BCUT2D eigenvalue weighted by Crippen LogP contribution is 2.10. The largest absolute Gasteiger partial charge is 0.384 e. The van der Waals surface area contributed by atoms with Crippen LogP contribution in [0.15, 0.2) is 35.0 Å². The number of amides is 1. The summed E-state index contributed by atoms with van der Waals surface area (Å²) in [6.07, 6.45) is 0.842. The Morgan fingerprint density at radius 3 is 2.90 bits per heavy atom. The molecule has 0 unspecified atom stereocenters. The van der Waals surface area contributed by atoms with Crippen molar-refractivity contribution in [2.24, 2.45) is 0 Å². The maximum Gasteiger partial charge on any atom is 0.251 e. The monoisotopic (exact) mass is 299 g/mol. The lowest BCUT2D eigenvalue weighted by Gasteiger charge is -2.06. The number of rotatable bonds is 4. The van der Waals surface area contributed by atoms with Crippen LogP contribution in [0.3, 0.4) is 0 Å². The lowest BCUT2D eigenvalue weighted by atomic mass is 10.0. The van der Waals surface area contributed by atoms with Gasteiger partial charge in [-0.15, -0.1) is 0 Å². The van der Waals surface area contributed by atoms with E-state index in [1.54, 1.807) is 17.4 Å². The fourth-order valence-corrected chi connectivity index (χ4v) is 2.64. The van der Waals surface area contributed by atoms with Crippen LogP contribution in [-0.2, 0) is 6.42 Å². The van der Waals surface area contributed by atoms with E-state index >= 15 is 0 Å². The number of aliphatic hydroxyl groups is 1. The van der Waals surface area contributed by atoms with Crippen molar-refractivity contribution in [1.82, 2.24) is 5.32 Å². The van der Waals surface area contributed by atoms with Crippen molar-refractivity contribution < 1.29 is 9.90 Å². The Morgan fingerprint density at radius 1 is 1.38 bits per heavy atom. The molecule has 1 heterocycles. The number of thiophene rings is 1. The molecule has 0 spiro atoms. The number of carbonyl (C=O) groups is 1. The molecule has 1 aromatic carbocycles. The molecule has 0 saturated heterocycles. The van der Waals surface area contributed by atoms with Crippen molar-refractivity contribution in [2.45, 2.75) is 13.3 Å². The van der Waals surface area contributed by atoms with E-state index < -0.39 is 0 Å². The van der Waals surface area contributed by atoms with Crippen LogP contribution in [-0.4, -0.2) is 24.2 Å². The van der Waals surface area contributed by atoms with Gasteiger partial charge in [-0.25, -0.2) is 0 Å². The minimum absolute atomic E-state index is 0.0741. The van der Waals surface area contributed by atoms with Crippen LogP contribution < -0.4 is 5.32 Å². The van der Waals surface area contributed by atoms with E-state index in [1.807, 2.05) is 24.4 Å². The zero-order valence-electron chi connectivity index (χ0n) is 11.8. The molecule has 21 heavy (non-hydrogen) atoms. The number of carbonyl (C=O) groups excluding carboxylic acids is 1. The van der Waals surface area contributed by atoms with Crippen LogP contribution in [0.5, 0.6) is 0 Å². The second kappa shape index (κ2) is 7.63. The molecule has 2 aromatic rings. The zero-order chi connectivity index (χ0) is 15.1. The summed E-state index contributed by atoms with van der Waals surface area (Å²) in [5.74, 6) is 5.40. The first-order chi connectivity index (χ1) is 10.2. The molecule has 0 aliphatic heterocycles. The number of hydrogen-bond donors (Lipinski definition) is 2. The molecule has 0 fully saturated rings. The fourth-order valence-electron chi connectivity index (χ4n) is 1.94. The van der Waals surface area contributed by atoms with Crippen molar-refractivity contribution in [3.05, 3.63) is 57.3 Å². The normalized spacial score (nSPS) is 9.81. The first-order valence-corrected chi connectivity index (χ1v) is 7.64. The van der Waals surface area contributed by atoms with Crippen molar-refractivity contribution in [3.63, 3.8) is 0 Å². The zero-order valence-corrected chi connectivity index (χ0v) is 12.7. The molecule has 3 nitrogen and oxygen atoms in total. The van der Waals surface area contributed by atoms with Gasteiger partial charge in [0.15, 0.2) is 0 Å². The van der Waals surface area contributed by atoms with Gasteiger partial charge in [0.25, 0.3) is 5.91 Å². The molecule has 0 aliphatic rings. The van der Waals surface area contributed by atoms with Crippen molar-refractivity contribution in [2.75, 3.05) is 13.2 Å². The third kappa shape index (κ3) is 4.45. The van der Waals surface area contributed by atoms with Crippen LogP contribution in [0.2, 0.25) is 0 Å². The van der Waals surface area contributed by atoms with E-state index in [9.17, 15) is 4.79 Å². The Kier molecular flexibility index (Phi) is 5.56. The number of benzene rings is 1. The van der Waals surface area contributed by atoms with Gasteiger partial charge in [-0.3, -0.25) is 4.79 Å². The van der Waals surface area contributed by atoms with E-state index in [2.05, 4.69) is 28.6 Å². The van der Waals surface area contributed by atoms with Gasteiger partial charge in [0, 0.05) is 17.7 Å². The number of hydrogen-bond acceptors (Lipinski definition) is 3. The molecule has 0 bridgehead atoms. The SMILES string of the molecule is Cc1cc(C(=O)NCCc2ccsc2)ccc1C#CCO. The Bertz CT molecular complexity index is 666. The van der Waals surface area contributed by atoms with E-state index in [0.29, 0.717) is 12.1 Å². The molecule has 0 saturated carbocycles. The summed E-state index contributed by atoms with van der Waals surface area (Å²) < 4.78 is 0. The van der Waals surface area contributed by atoms with Gasteiger partial charge in [-0.1, -0.05) is 11.8 Å². The summed E-state index contributed by atoms with van der Waals surface area (Å²) in [5, 5.41) is 15.7. The first kappa shape index (κ1) is 15.3. The third-order valence-electron chi connectivity index (χ3n) is 3.07. The minimum Gasteiger partial charge on any atom is -0.384 e. The average Bonchev–Trinajstić information content (AvgIpc) is 2.99. The second-order valence-corrected chi connectivity index (χ2v) is 5.41. The lowest BCUT2D eigenvalue weighted by Crippen LogP contribution is -2.25. The van der Waals surface area contributed by atoms with Gasteiger partial charge in [0.05, 0.1) is 0 Å². The molecule has 108 valence electrons. The highest BCUT2D eigenvalue weighted by atomic mass is 32.1. The summed E-state index contributed by atoms with van der Waals surface area (Å²) in [5.41, 5.74) is 3.64. The number of aryl methyl sites for hydroxylation is 1. The predicted octanol–water partition coefficient (Wildman–Crippen LogP) is 2.37. The molecule has 1 aromatic heterocycles. The van der Waals surface area contributed by atoms with E-state index in [-0.39, 0.29) is 12.5 Å². The van der Waals surface area contributed by atoms with Gasteiger partial charge in [0.1, 0.15) is 6.61 Å². The van der Waals surface area contributed by atoms with Crippen LogP contribution in [0.4, 0.5) is 0 Å². The second-order valence-electron chi connectivity index (χ2n) is 4.63. The van der Waals surface area contributed by atoms with Gasteiger partial charge < -0.3 is 10.4 Å². The Morgan fingerprint density at radius 2 is 2.24 bits per heavy atom. The van der Waals surface area contributed by atoms with Gasteiger partial charge >= 0.3 is 0 Å². The van der Waals surface area contributed by atoms with Crippen LogP contribution >= 0.6 is 11.3 Å². The Hall–Kier alpha value is -2.09. The maximum absolute atomic E-state index is 12.1. The van der Waals surface area contributed by atoms with Crippen molar-refractivity contribution >= 4 is 17.2 Å². The van der Waals surface area contributed by atoms with Gasteiger partial charge in [0.2, 0.25) is 0 Å². The molecular weight excluding hydrogens is 282 g/mol. The van der Waals surface area contributed by atoms with Crippen LogP contribution in [0, 0.1) is 18.8 Å². The minimum atomic E-state index is -0.162.